The molecular formula is C12H12N2O5S. The number of aromatic amines is 1. The van der Waals surface area contributed by atoms with Gasteiger partial charge in [0.2, 0.25) is 0 Å². The molecule has 106 valence electrons. The van der Waals surface area contributed by atoms with Crippen LogP contribution in [0.3, 0.4) is 0 Å². The standard InChI is InChI=1S/C9H8O2.C3H4N2O3S/c10-9(11)7-6-8-4-2-1-3-5-8;6-9(7,8)3-4-1-2-5-3/h1-7H,(H,10,11);1-2H,(H,4,5)(H,6,7,8). The van der Waals surface area contributed by atoms with Gasteiger partial charge in [-0.25, -0.2) is 9.78 Å². The lowest BCUT2D eigenvalue weighted by atomic mass is 10.2. The quantitative estimate of drug-likeness (QED) is 0.582. The number of H-pyrrole nitrogens is 1. The molecule has 1 heterocycles. The molecular weight excluding hydrogens is 284 g/mol. The maximum atomic E-state index is 10.2. The predicted octanol–water partition coefficient (Wildman–Crippen LogP) is 1.44. The number of imidazole rings is 1. The lowest BCUT2D eigenvalue weighted by Gasteiger charge is -1.87. The van der Waals surface area contributed by atoms with Gasteiger partial charge in [0.25, 0.3) is 5.16 Å². The summed E-state index contributed by atoms with van der Waals surface area (Å²) in [6.45, 7) is 0. The highest BCUT2D eigenvalue weighted by atomic mass is 32.2. The second kappa shape index (κ2) is 7.22. The number of hydrogen-bond acceptors (Lipinski definition) is 4. The van der Waals surface area contributed by atoms with E-state index in [0.29, 0.717) is 0 Å². The number of aliphatic carboxylic acids is 1. The molecule has 0 saturated heterocycles. The predicted molar refractivity (Wildman–Crippen MR) is 71.5 cm³/mol. The lowest BCUT2D eigenvalue weighted by molar-refractivity contribution is -0.131. The molecule has 2 rings (SSSR count). The summed E-state index contributed by atoms with van der Waals surface area (Å²) in [6, 6.07) is 9.31. The summed E-state index contributed by atoms with van der Waals surface area (Å²) in [6.07, 6.45) is 5.23. The van der Waals surface area contributed by atoms with Gasteiger partial charge in [0.05, 0.1) is 0 Å². The Kier molecular flexibility index (Phi) is 5.63. The minimum absolute atomic E-state index is 0.428. The third kappa shape index (κ3) is 5.94. The van der Waals surface area contributed by atoms with Crippen LogP contribution in [0.4, 0.5) is 0 Å². The number of aromatic nitrogens is 2. The summed E-state index contributed by atoms with van der Waals surface area (Å²) in [5.41, 5.74) is 0.898. The van der Waals surface area contributed by atoms with E-state index in [1.807, 2.05) is 30.3 Å². The van der Waals surface area contributed by atoms with Crippen molar-refractivity contribution < 1.29 is 22.9 Å². The van der Waals surface area contributed by atoms with Crippen molar-refractivity contribution >= 4 is 22.2 Å². The second-order valence-corrected chi connectivity index (χ2v) is 4.79. The maximum absolute atomic E-state index is 10.2. The van der Waals surface area contributed by atoms with Crippen LogP contribution >= 0.6 is 0 Å². The van der Waals surface area contributed by atoms with Crippen molar-refractivity contribution in [3.8, 4) is 0 Å². The van der Waals surface area contributed by atoms with Crippen LogP contribution in [-0.2, 0) is 14.9 Å². The molecule has 0 atom stereocenters. The summed E-state index contributed by atoms with van der Waals surface area (Å²) < 4.78 is 28.6. The van der Waals surface area contributed by atoms with Crippen LogP contribution in [0.25, 0.3) is 6.08 Å². The van der Waals surface area contributed by atoms with Gasteiger partial charge in [0, 0.05) is 18.5 Å². The van der Waals surface area contributed by atoms with Gasteiger partial charge in [-0.2, -0.15) is 8.42 Å². The lowest BCUT2D eigenvalue weighted by Crippen LogP contribution is -1.99. The molecule has 1 aromatic carbocycles. The number of carboxylic acid groups (broad SMARTS) is 1. The van der Waals surface area contributed by atoms with Gasteiger partial charge in [-0.05, 0) is 11.6 Å². The van der Waals surface area contributed by atoms with E-state index in [1.165, 1.54) is 12.4 Å². The van der Waals surface area contributed by atoms with Crippen LogP contribution in [0.15, 0.2) is 54.0 Å². The molecule has 8 heteroatoms. The molecule has 0 amide bonds. The summed E-state index contributed by atoms with van der Waals surface area (Å²) in [5.74, 6) is -0.922. The number of carboxylic acids is 1. The second-order valence-electron chi connectivity index (χ2n) is 3.45. The number of hydrogen-bond donors (Lipinski definition) is 3. The van der Waals surface area contributed by atoms with Gasteiger partial charge in [-0.15, -0.1) is 0 Å². The molecule has 0 aliphatic carbocycles. The zero-order valence-electron chi connectivity index (χ0n) is 10.2. The van der Waals surface area contributed by atoms with Crippen molar-refractivity contribution in [2.45, 2.75) is 5.16 Å². The Bertz CT molecular complexity index is 663. The molecule has 0 spiro atoms. The molecule has 7 nitrogen and oxygen atoms in total. The van der Waals surface area contributed by atoms with Crippen molar-refractivity contribution in [1.82, 2.24) is 9.97 Å². The van der Waals surface area contributed by atoms with Crippen LogP contribution in [0.1, 0.15) is 5.56 Å². The fourth-order valence-corrected chi connectivity index (χ4v) is 1.53. The van der Waals surface area contributed by atoms with Crippen LogP contribution < -0.4 is 0 Å². The van der Waals surface area contributed by atoms with E-state index in [0.717, 1.165) is 11.6 Å². The van der Waals surface area contributed by atoms with Gasteiger partial charge in [0.1, 0.15) is 0 Å². The van der Waals surface area contributed by atoms with Gasteiger partial charge < -0.3 is 10.1 Å². The third-order valence-corrected chi connectivity index (χ3v) is 2.65. The first-order valence-electron chi connectivity index (χ1n) is 5.32. The third-order valence-electron chi connectivity index (χ3n) is 1.94. The fourth-order valence-electron chi connectivity index (χ4n) is 1.12. The van der Waals surface area contributed by atoms with Crippen LogP contribution in [0.2, 0.25) is 0 Å². The van der Waals surface area contributed by atoms with E-state index in [2.05, 4.69) is 9.97 Å². The van der Waals surface area contributed by atoms with Crippen LogP contribution in [-0.4, -0.2) is 34.0 Å². The Morgan fingerprint density at radius 1 is 1.25 bits per heavy atom. The first kappa shape index (κ1) is 15.6. The van der Waals surface area contributed by atoms with Crippen molar-refractivity contribution in [1.29, 1.82) is 0 Å². The average Bonchev–Trinajstić information content (AvgIpc) is 2.92. The van der Waals surface area contributed by atoms with Gasteiger partial charge in [-0.1, -0.05) is 30.3 Å². The van der Waals surface area contributed by atoms with E-state index >= 15 is 0 Å². The SMILES string of the molecule is O=C(O)C=Cc1ccccc1.O=S(=O)(O)c1ncc[nH]1. The monoisotopic (exact) mass is 296 g/mol. The summed E-state index contributed by atoms with van der Waals surface area (Å²) in [5, 5.41) is 7.86. The van der Waals surface area contributed by atoms with E-state index in [9.17, 15) is 13.2 Å². The van der Waals surface area contributed by atoms with E-state index in [4.69, 9.17) is 9.66 Å². The van der Waals surface area contributed by atoms with Crippen molar-refractivity contribution in [3.05, 3.63) is 54.4 Å². The van der Waals surface area contributed by atoms with Gasteiger partial charge in [-0.3, -0.25) is 4.55 Å². The van der Waals surface area contributed by atoms with Crippen molar-refractivity contribution in [3.63, 3.8) is 0 Å². The summed E-state index contributed by atoms with van der Waals surface area (Å²) >= 11 is 0. The minimum Gasteiger partial charge on any atom is -0.478 e. The van der Waals surface area contributed by atoms with E-state index in [-0.39, 0.29) is 0 Å². The molecule has 0 unspecified atom stereocenters. The number of carbonyl (C=O) groups is 1. The summed E-state index contributed by atoms with van der Waals surface area (Å²) in [7, 11) is -4.13. The summed E-state index contributed by atoms with van der Waals surface area (Å²) in [4.78, 5) is 15.6. The van der Waals surface area contributed by atoms with E-state index in [1.54, 1.807) is 6.08 Å². The molecule has 0 fully saturated rings. The largest absolute Gasteiger partial charge is 0.478 e. The molecule has 1 aromatic heterocycles. The molecule has 2 aromatic rings. The highest BCUT2D eigenvalue weighted by molar-refractivity contribution is 7.85. The van der Waals surface area contributed by atoms with E-state index < -0.39 is 21.2 Å². The molecule has 0 saturated carbocycles. The number of benzene rings is 1. The molecule has 0 bridgehead atoms. The van der Waals surface area contributed by atoms with Crippen molar-refractivity contribution in [2.75, 3.05) is 0 Å². The molecule has 0 aliphatic heterocycles. The molecule has 0 radical (unpaired) electrons. The van der Waals surface area contributed by atoms with Gasteiger partial charge in [0.15, 0.2) is 0 Å². The number of rotatable bonds is 3. The molecule has 3 N–H and O–H groups in total. The maximum Gasteiger partial charge on any atom is 0.328 e. The normalized spacial score (nSPS) is 10.8. The Labute approximate surface area is 115 Å². The Balaban J connectivity index is 0.000000204. The van der Waals surface area contributed by atoms with Crippen LogP contribution in [0.5, 0.6) is 0 Å². The number of nitrogens with one attached hydrogen (secondary N) is 1. The first-order valence-corrected chi connectivity index (χ1v) is 6.76. The molecule has 0 aliphatic rings. The Hall–Kier alpha value is -2.45. The average molecular weight is 296 g/mol. The number of nitrogens with zero attached hydrogens (tertiary/aromatic N) is 1. The minimum atomic E-state index is -4.13. The van der Waals surface area contributed by atoms with Crippen molar-refractivity contribution in [2.24, 2.45) is 0 Å². The fraction of sp³-hybridized carbons (Fsp3) is 0. The Morgan fingerprint density at radius 3 is 2.30 bits per heavy atom. The topological polar surface area (TPSA) is 120 Å². The highest BCUT2D eigenvalue weighted by Crippen LogP contribution is 2.00. The molecule has 20 heavy (non-hydrogen) atoms. The highest BCUT2D eigenvalue weighted by Gasteiger charge is 2.09. The smallest absolute Gasteiger partial charge is 0.328 e. The zero-order chi connectivity index (χ0) is 15.0. The zero-order valence-corrected chi connectivity index (χ0v) is 11.0. The first-order chi connectivity index (χ1) is 9.39. The van der Waals surface area contributed by atoms with Crippen LogP contribution in [0, 0.1) is 0 Å². The van der Waals surface area contributed by atoms with Gasteiger partial charge >= 0.3 is 16.1 Å². The Morgan fingerprint density at radius 2 is 1.90 bits per heavy atom.